The van der Waals surface area contributed by atoms with E-state index in [9.17, 15) is 13.2 Å². The van der Waals surface area contributed by atoms with Crippen LogP contribution in [0.2, 0.25) is 0 Å². The van der Waals surface area contributed by atoms with Gasteiger partial charge in [0.25, 0.3) is 0 Å². The molecule has 0 aliphatic rings. The van der Waals surface area contributed by atoms with Crippen LogP contribution in [0.15, 0.2) is 52.0 Å². The maximum absolute atomic E-state index is 14.0. The molecule has 3 aromatic heterocycles. The SMILES string of the molecule is Cc1cc(CN(CCCC[C@H](NS(=O)(=O)c2ccc3occc3c2)C(=O)N(CC(C)C)CC(C)C)Cc2cc(C)n(C)n2)nn1C. The van der Waals surface area contributed by atoms with Crippen molar-refractivity contribution in [2.75, 3.05) is 19.6 Å². The Morgan fingerprint density at radius 1 is 0.891 bits per heavy atom. The molecule has 0 saturated carbocycles. The van der Waals surface area contributed by atoms with Crippen LogP contribution in [0.1, 0.15) is 69.7 Å². The molecule has 46 heavy (non-hydrogen) atoms. The van der Waals surface area contributed by atoms with E-state index in [4.69, 9.17) is 4.42 Å². The number of nitrogens with zero attached hydrogens (tertiary/aromatic N) is 6. The monoisotopic (exact) mass is 653 g/mol. The Hall–Kier alpha value is -3.48. The van der Waals surface area contributed by atoms with Crippen LogP contribution in [0.5, 0.6) is 0 Å². The smallest absolute Gasteiger partial charge is 0.241 e. The fourth-order valence-corrected chi connectivity index (χ4v) is 7.00. The summed E-state index contributed by atoms with van der Waals surface area (Å²) in [5, 5.41) is 10.0. The Morgan fingerprint density at radius 2 is 1.48 bits per heavy atom. The Bertz CT molecular complexity index is 1610. The van der Waals surface area contributed by atoms with Crippen molar-refractivity contribution in [3.63, 3.8) is 0 Å². The molecule has 12 heteroatoms. The van der Waals surface area contributed by atoms with Gasteiger partial charge in [0.1, 0.15) is 11.6 Å². The molecule has 0 saturated heterocycles. The zero-order valence-corrected chi connectivity index (χ0v) is 29.5. The average Bonchev–Trinajstić information content (AvgIpc) is 3.66. The third-order valence-electron chi connectivity index (χ3n) is 8.13. The number of aromatic nitrogens is 4. The second-order valence-corrected chi connectivity index (χ2v) is 15.0. The molecule has 1 N–H and O–H groups in total. The number of benzene rings is 1. The van der Waals surface area contributed by atoms with E-state index < -0.39 is 16.1 Å². The second-order valence-electron chi connectivity index (χ2n) is 13.3. The highest BCUT2D eigenvalue weighted by molar-refractivity contribution is 7.89. The number of rotatable bonds is 17. The summed E-state index contributed by atoms with van der Waals surface area (Å²) in [7, 11) is -0.0874. The van der Waals surface area contributed by atoms with Crippen molar-refractivity contribution >= 4 is 26.9 Å². The maximum atomic E-state index is 14.0. The summed E-state index contributed by atoms with van der Waals surface area (Å²) in [6.07, 6.45) is 3.36. The van der Waals surface area contributed by atoms with Crippen LogP contribution in [-0.4, -0.2) is 69.4 Å². The number of nitrogens with one attached hydrogen (secondary N) is 1. The van der Waals surface area contributed by atoms with Gasteiger partial charge in [0, 0.05) is 57.0 Å². The number of aryl methyl sites for hydroxylation is 4. The van der Waals surface area contributed by atoms with Gasteiger partial charge in [-0.15, -0.1) is 0 Å². The van der Waals surface area contributed by atoms with Gasteiger partial charge in [-0.2, -0.15) is 14.9 Å². The van der Waals surface area contributed by atoms with Crippen molar-refractivity contribution in [1.82, 2.24) is 34.1 Å². The number of sulfonamides is 1. The fraction of sp³-hybridized carbons (Fsp3) is 0.559. The van der Waals surface area contributed by atoms with E-state index in [1.807, 2.05) is 42.2 Å². The third kappa shape index (κ3) is 9.52. The Kier molecular flexibility index (Phi) is 11.8. The lowest BCUT2D eigenvalue weighted by molar-refractivity contribution is -0.134. The predicted octanol–water partition coefficient (Wildman–Crippen LogP) is 5.18. The molecule has 252 valence electrons. The number of amides is 1. The van der Waals surface area contributed by atoms with Crippen molar-refractivity contribution in [3.8, 4) is 0 Å². The normalized spacial score (nSPS) is 13.0. The molecule has 4 rings (SSSR count). The van der Waals surface area contributed by atoms with Gasteiger partial charge in [0.2, 0.25) is 15.9 Å². The van der Waals surface area contributed by atoms with Crippen molar-refractivity contribution in [3.05, 3.63) is 65.4 Å². The van der Waals surface area contributed by atoms with Gasteiger partial charge in [0.15, 0.2) is 0 Å². The second kappa shape index (κ2) is 15.4. The lowest BCUT2D eigenvalue weighted by Gasteiger charge is -2.30. The van der Waals surface area contributed by atoms with Gasteiger partial charge in [-0.3, -0.25) is 19.1 Å². The van der Waals surface area contributed by atoms with Crippen LogP contribution in [0.25, 0.3) is 11.0 Å². The molecule has 0 aliphatic heterocycles. The molecule has 0 radical (unpaired) electrons. The van der Waals surface area contributed by atoms with Gasteiger partial charge in [-0.1, -0.05) is 34.1 Å². The molecule has 11 nitrogen and oxygen atoms in total. The summed E-state index contributed by atoms with van der Waals surface area (Å²) in [5.41, 5.74) is 4.77. The zero-order valence-electron chi connectivity index (χ0n) is 28.7. The quantitative estimate of drug-likeness (QED) is 0.156. The highest BCUT2D eigenvalue weighted by atomic mass is 32.2. The van der Waals surface area contributed by atoms with Crippen LogP contribution in [0.4, 0.5) is 0 Å². The van der Waals surface area contributed by atoms with E-state index in [-0.39, 0.29) is 22.6 Å². The summed E-state index contributed by atoms with van der Waals surface area (Å²) in [5.74, 6) is 0.324. The van der Waals surface area contributed by atoms with Gasteiger partial charge >= 0.3 is 0 Å². The molecular weight excluding hydrogens is 602 g/mol. The summed E-state index contributed by atoms with van der Waals surface area (Å²) in [6, 6.07) is 9.79. The predicted molar refractivity (Wildman–Crippen MR) is 180 cm³/mol. The first-order valence-electron chi connectivity index (χ1n) is 16.2. The Labute approximate surface area is 274 Å². The number of hydrogen-bond acceptors (Lipinski definition) is 7. The molecule has 1 atom stereocenters. The lowest BCUT2D eigenvalue weighted by Crippen LogP contribution is -2.50. The molecule has 0 fully saturated rings. The van der Waals surface area contributed by atoms with Gasteiger partial charge in [-0.05, 0) is 81.5 Å². The molecular formula is C34H51N7O4S. The fourth-order valence-electron chi connectivity index (χ4n) is 5.74. The van der Waals surface area contributed by atoms with Crippen LogP contribution in [-0.2, 0) is 42.0 Å². The van der Waals surface area contributed by atoms with E-state index in [0.717, 1.165) is 35.7 Å². The summed E-state index contributed by atoms with van der Waals surface area (Å²) in [4.78, 5) is 18.3. The molecule has 0 bridgehead atoms. The average molecular weight is 654 g/mol. The van der Waals surface area contributed by atoms with Crippen molar-refractivity contribution in [2.45, 2.75) is 84.8 Å². The molecule has 0 spiro atoms. The number of fused-ring (bicyclic) bond motifs is 1. The van der Waals surface area contributed by atoms with E-state index in [2.05, 4.69) is 59.6 Å². The number of carbonyl (C=O) groups excluding carboxylic acids is 1. The minimum Gasteiger partial charge on any atom is -0.464 e. The van der Waals surface area contributed by atoms with Crippen LogP contribution >= 0.6 is 0 Å². The minimum atomic E-state index is -3.97. The van der Waals surface area contributed by atoms with E-state index in [1.165, 1.54) is 12.3 Å². The topological polar surface area (TPSA) is 118 Å². The standard InChI is InChI=1S/C34H51N7O4S/c1-24(2)20-41(21-25(3)4)34(42)32(37-46(43,44)31-12-13-33-28(19-31)14-16-45-33)11-9-10-15-40(22-29-17-26(5)38(7)35-29)23-30-18-27(6)39(8)36-30/h12-14,16-19,24-25,32,37H,9-11,15,20-23H2,1-8H3/t32-/m0/s1. The molecule has 1 amide bonds. The van der Waals surface area contributed by atoms with Crippen LogP contribution in [0.3, 0.4) is 0 Å². The first kappa shape index (κ1) is 35.4. The number of carbonyl (C=O) groups is 1. The van der Waals surface area contributed by atoms with Crippen molar-refractivity contribution in [2.24, 2.45) is 25.9 Å². The van der Waals surface area contributed by atoms with E-state index in [0.29, 0.717) is 50.0 Å². The van der Waals surface area contributed by atoms with Gasteiger partial charge < -0.3 is 9.32 Å². The zero-order chi connectivity index (χ0) is 33.6. The molecule has 4 aromatic rings. The molecule has 1 aromatic carbocycles. The summed E-state index contributed by atoms with van der Waals surface area (Å²) >= 11 is 0. The molecule has 0 aliphatic carbocycles. The number of furan rings is 1. The number of hydrogen-bond donors (Lipinski definition) is 1. The first-order chi connectivity index (χ1) is 21.7. The maximum Gasteiger partial charge on any atom is 0.241 e. The van der Waals surface area contributed by atoms with Gasteiger partial charge in [-0.25, -0.2) is 8.42 Å². The molecule has 0 unspecified atom stereocenters. The Balaban J connectivity index is 1.50. The van der Waals surface area contributed by atoms with Crippen molar-refractivity contribution in [1.29, 1.82) is 0 Å². The number of unbranched alkanes of at least 4 members (excludes halogenated alkanes) is 1. The highest BCUT2D eigenvalue weighted by Crippen LogP contribution is 2.22. The highest BCUT2D eigenvalue weighted by Gasteiger charge is 2.30. The first-order valence-corrected chi connectivity index (χ1v) is 17.7. The lowest BCUT2D eigenvalue weighted by atomic mass is 10.1. The summed E-state index contributed by atoms with van der Waals surface area (Å²) < 4.78 is 39.2. The van der Waals surface area contributed by atoms with Crippen molar-refractivity contribution < 1.29 is 17.6 Å². The van der Waals surface area contributed by atoms with Crippen LogP contribution in [0, 0.1) is 25.7 Å². The van der Waals surface area contributed by atoms with E-state index in [1.54, 1.807) is 18.2 Å². The molecule has 3 heterocycles. The van der Waals surface area contributed by atoms with Gasteiger partial charge in [0.05, 0.1) is 22.5 Å². The summed E-state index contributed by atoms with van der Waals surface area (Å²) in [6.45, 7) is 15.6. The van der Waals surface area contributed by atoms with E-state index >= 15 is 0 Å². The third-order valence-corrected chi connectivity index (χ3v) is 9.60. The Morgan fingerprint density at radius 3 is 2.00 bits per heavy atom. The largest absolute Gasteiger partial charge is 0.464 e. The van der Waals surface area contributed by atoms with Crippen LogP contribution < -0.4 is 4.72 Å². The minimum absolute atomic E-state index is 0.112.